The van der Waals surface area contributed by atoms with Crippen LogP contribution >= 0.6 is 0 Å². The number of hydrogen-bond acceptors (Lipinski definition) is 2. The zero-order valence-corrected chi connectivity index (χ0v) is 8.13. The Hall–Kier alpha value is -0.0800. The van der Waals surface area contributed by atoms with Crippen molar-refractivity contribution in [2.75, 3.05) is 0 Å². The Morgan fingerprint density at radius 1 is 1.33 bits per heavy atom. The zero-order chi connectivity index (χ0) is 8.98. The van der Waals surface area contributed by atoms with Gasteiger partial charge in [-0.05, 0) is 24.7 Å². The predicted octanol–water partition coefficient (Wildman–Crippen LogP) is 2.69. The molecular formula is C10H18O2. The van der Waals surface area contributed by atoms with Crippen molar-refractivity contribution < 1.29 is 10.1 Å². The van der Waals surface area contributed by atoms with Gasteiger partial charge >= 0.3 is 0 Å². The molecule has 0 amide bonds. The molecule has 12 heavy (non-hydrogen) atoms. The Balaban J connectivity index is 2.19. The van der Waals surface area contributed by atoms with E-state index < -0.39 is 0 Å². The molecule has 0 radical (unpaired) electrons. The van der Waals surface area contributed by atoms with E-state index in [2.05, 4.69) is 20.8 Å². The minimum Gasteiger partial charge on any atom is -0.251 e. The van der Waals surface area contributed by atoms with E-state index in [1.165, 1.54) is 12.8 Å². The van der Waals surface area contributed by atoms with Gasteiger partial charge in [0.25, 0.3) is 0 Å². The average molecular weight is 170 g/mol. The molecule has 2 aliphatic rings. The van der Waals surface area contributed by atoms with Crippen LogP contribution in [0.4, 0.5) is 0 Å². The largest absolute Gasteiger partial charge is 0.251 e. The van der Waals surface area contributed by atoms with E-state index in [0.717, 1.165) is 6.42 Å². The molecule has 2 nitrogen and oxygen atoms in total. The van der Waals surface area contributed by atoms with Crippen molar-refractivity contribution in [2.45, 2.75) is 45.6 Å². The monoisotopic (exact) mass is 170 g/mol. The van der Waals surface area contributed by atoms with Crippen molar-refractivity contribution in [1.82, 2.24) is 0 Å². The molecule has 0 aliphatic heterocycles. The van der Waals surface area contributed by atoms with Crippen LogP contribution in [-0.2, 0) is 4.89 Å². The summed E-state index contributed by atoms with van der Waals surface area (Å²) in [5, 5.41) is 8.95. The van der Waals surface area contributed by atoms with Crippen molar-refractivity contribution >= 4 is 0 Å². The van der Waals surface area contributed by atoms with Crippen LogP contribution in [-0.4, -0.2) is 10.9 Å². The van der Waals surface area contributed by atoms with Crippen LogP contribution in [0, 0.1) is 17.3 Å². The van der Waals surface area contributed by atoms with Gasteiger partial charge in [-0.15, -0.1) is 0 Å². The molecule has 0 bridgehead atoms. The van der Waals surface area contributed by atoms with E-state index in [4.69, 9.17) is 10.1 Å². The fraction of sp³-hybridized carbons (Fsp3) is 1.00. The molecule has 0 aromatic heterocycles. The van der Waals surface area contributed by atoms with Gasteiger partial charge in [0.2, 0.25) is 0 Å². The maximum atomic E-state index is 8.95. The lowest BCUT2D eigenvalue weighted by Gasteiger charge is -2.24. The minimum atomic E-state index is -0.190. The summed E-state index contributed by atoms with van der Waals surface area (Å²) in [5.41, 5.74) is 0.0111. The smallest absolute Gasteiger partial charge is 0.112 e. The molecule has 2 aliphatic carbocycles. The Labute approximate surface area is 73.8 Å². The summed E-state index contributed by atoms with van der Waals surface area (Å²) in [5.74, 6) is 1.29. The number of hydrogen-bond donors (Lipinski definition) is 1. The summed E-state index contributed by atoms with van der Waals surface area (Å²) < 4.78 is 0. The molecule has 2 saturated carbocycles. The molecule has 0 heterocycles. The minimum absolute atomic E-state index is 0.190. The van der Waals surface area contributed by atoms with Crippen molar-refractivity contribution in [3.8, 4) is 0 Å². The average Bonchev–Trinajstić information content (AvgIpc) is 2.49. The predicted molar refractivity (Wildman–Crippen MR) is 46.7 cm³/mol. The highest BCUT2D eigenvalue weighted by molar-refractivity contribution is 5.21. The van der Waals surface area contributed by atoms with Crippen LogP contribution in [0.2, 0.25) is 0 Å². The van der Waals surface area contributed by atoms with Crippen molar-refractivity contribution in [3.05, 3.63) is 0 Å². The molecule has 2 heteroatoms. The normalized spacial score (nSPS) is 50.0. The molecule has 2 rings (SSSR count). The lowest BCUT2D eigenvalue weighted by molar-refractivity contribution is -0.309. The SMILES string of the molecule is CC1CCC2C(C)(C)C2(OO)C1. The Bertz CT molecular complexity index is 200. The first-order valence-electron chi connectivity index (χ1n) is 4.87. The maximum Gasteiger partial charge on any atom is 0.112 e. The van der Waals surface area contributed by atoms with E-state index in [-0.39, 0.29) is 11.0 Å². The molecule has 0 saturated heterocycles. The second-order valence-electron chi connectivity index (χ2n) is 5.14. The Morgan fingerprint density at radius 2 is 2.00 bits per heavy atom. The summed E-state index contributed by atoms with van der Waals surface area (Å²) in [6, 6.07) is 0. The highest BCUT2D eigenvalue weighted by Gasteiger charge is 2.74. The van der Waals surface area contributed by atoms with E-state index in [0.29, 0.717) is 11.8 Å². The first kappa shape index (κ1) is 8.52. The number of fused-ring (bicyclic) bond motifs is 1. The molecule has 70 valence electrons. The van der Waals surface area contributed by atoms with Crippen molar-refractivity contribution in [1.29, 1.82) is 0 Å². The summed E-state index contributed by atoms with van der Waals surface area (Å²) in [7, 11) is 0. The first-order chi connectivity index (χ1) is 5.54. The third kappa shape index (κ3) is 0.775. The van der Waals surface area contributed by atoms with Crippen LogP contribution in [0.15, 0.2) is 0 Å². The van der Waals surface area contributed by atoms with Crippen molar-refractivity contribution in [2.24, 2.45) is 17.3 Å². The van der Waals surface area contributed by atoms with Crippen LogP contribution in [0.5, 0.6) is 0 Å². The summed E-state index contributed by atoms with van der Waals surface area (Å²) in [6.07, 6.45) is 3.54. The van der Waals surface area contributed by atoms with Crippen LogP contribution in [0.25, 0.3) is 0 Å². The van der Waals surface area contributed by atoms with E-state index in [9.17, 15) is 0 Å². The zero-order valence-electron chi connectivity index (χ0n) is 8.13. The molecule has 0 aromatic rings. The fourth-order valence-corrected chi connectivity index (χ4v) is 3.21. The Morgan fingerprint density at radius 3 is 2.50 bits per heavy atom. The molecular weight excluding hydrogens is 152 g/mol. The highest BCUT2D eigenvalue weighted by Crippen LogP contribution is 2.70. The highest BCUT2D eigenvalue weighted by atomic mass is 17.1. The third-order valence-electron chi connectivity index (χ3n) is 4.20. The van der Waals surface area contributed by atoms with E-state index >= 15 is 0 Å². The summed E-state index contributed by atoms with van der Waals surface area (Å²) >= 11 is 0. The standard InChI is InChI=1S/C10H18O2/c1-7-4-5-8-9(2,3)10(8,6-7)12-11/h7-8,11H,4-6H2,1-3H3. The van der Waals surface area contributed by atoms with Gasteiger partial charge < -0.3 is 0 Å². The second-order valence-corrected chi connectivity index (χ2v) is 5.14. The van der Waals surface area contributed by atoms with Gasteiger partial charge in [-0.1, -0.05) is 27.2 Å². The Kier molecular flexibility index (Phi) is 1.59. The van der Waals surface area contributed by atoms with Gasteiger partial charge in [-0.2, -0.15) is 0 Å². The quantitative estimate of drug-likeness (QED) is 0.484. The van der Waals surface area contributed by atoms with Crippen LogP contribution in [0.3, 0.4) is 0 Å². The van der Waals surface area contributed by atoms with Gasteiger partial charge in [-0.3, -0.25) is 5.26 Å². The summed E-state index contributed by atoms with van der Waals surface area (Å²) in [4.78, 5) is 4.74. The van der Waals surface area contributed by atoms with Gasteiger partial charge in [0.15, 0.2) is 0 Å². The molecule has 0 spiro atoms. The second kappa shape index (κ2) is 2.24. The topological polar surface area (TPSA) is 29.5 Å². The summed E-state index contributed by atoms with van der Waals surface area (Å²) in [6.45, 7) is 6.64. The number of rotatable bonds is 1. The van der Waals surface area contributed by atoms with E-state index in [1.807, 2.05) is 0 Å². The molecule has 3 atom stereocenters. The van der Waals surface area contributed by atoms with Gasteiger partial charge in [0, 0.05) is 5.41 Å². The maximum absolute atomic E-state index is 8.95. The molecule has 3 unspecified atom stereocenters. The first-order valence-corrected chi connectivity index (χ1v) is 4.87. The molecule has 1 N–H and O–H groups in total. The molecule has 0 aromatic carbocycles. The van der Waals surface area contributed by atoms with Gasteiger partial charge in [0.05, 0.1) is 0 Å². The lowest BCUT2D eigenvalue weighted by atomic mass is 9.88. The van der Waals surface area contributed by atoms with Crippen molar-refractivity contribution in [3.63, 3.8) is 0 Å². The fourth-order valence-electron chi connectivity index (χ4n) is 3.21. The van der Waals surface area contributed by atoms with Gasteiger partial charge in [-0.25, -0.2) is 4.89 Å². The third-order valence-corrected chi connectivity index (χ3v) is 4.20. The van der Waals surface area contributed by atoms with Crippen LogP contribution in [0.1, 0.15) is 40.0 Å². The van der Waals surface area contributed by atoms with Gasteiger partial charge in [0.1, 0.15) is 5.60 Å². The lowest BCUT2D eigenvalue weighted by Crippen LogP contribution is -2.26. The molecule has 2 fully saturated rings. The van der Waals surface area contributed by atoms with E-state index in [1.54, 1.807) is 0 Å². The van der Waals surface area contributed by atoms with Crippen LogP contribution < -0.4 is 0 Å².